The van der Waals surface area contributed by atoms with Gasteiger partial charge in [-0.3, -0.25) is 14.4 Å². The van der Waals surface area contributed by atoms with Crippen molar-refractivity contribution in [2.75, 3.05) is 20.3 Å². The van der Waals surface area contributed by atoms with E-state index in [4.69, 9.17) is 14.3 Å². The van der Waals surface area contributed by atoms with Crippen molar-refractivity contribution < 1.29 is 39.2 Å². The summed E-state index contributed by atoms with van der Waals surface area (Å²) in [5.41, 5.74) is 3.98. The number of esters is 1. The minimum atomic E-state index is -1.33. The smallest absolute Gasteiger partial charge is 0.302 e. The first-order chi connectivity index (χ1) is 22.5. The van der Waals surface area contributed by atoms with Crippen molar-refractivity contribution in [3.63, 3.8) is 0 Å². The molecule has 1 heterocycles. The van der Waals surface area contributed by atoms with Gasteiger partial charge in [0.25, 0.3) is 0 Å². The molecule has 1 amide bonds. The van der Waals surface area contributed by atoms with Crippen LogP contribution < -0.4 is 5.32 Å². The Labute approximate surface area is 288 Å². The molecule has 0 bridgehead atoms. The summed E-state index contributed by atoms with van der Waals surface area (Å²) in [6.45, 7) is 17.7. The zero-order chi connectivity index (χ0) is 35.4. The maximum atomic E-state index is 12.0. The number of nitrogens with one attached hydrogen (secondary N) is 1. The van der Waals surface area contributed by atoms with Crippen LogP contribution in [-0.2, 0) is 23.9 Å². The molecule has 1 unspecified atom stereocenters. The number of carbonyl (C=O) groups is 2. The fraction of sp³-hybridized carbons (Fsp3) is 0.895. The van der Waals surface area contributed by atoms with E-state index in [1.165, 1.54) is 26.2 Å². The zero-order valence-electron chi connectivity index (χ0n) is 31.0. The molecule has 0 radical (unpaired) electrons. The summed E-state index contributed by atoms with van der Waals surface area (Å²) in [4.78, 5) is 29.6. The quantitative estimate of drug-likeness (QED) is 0.145. The van der Waals surface area contributed by atoms with Gasteiger partial charge in [-0.15, -0.1) is 0 Å². The lowest BCUT2D eigenvalue weighted by atomic mass is 9.43. The highest BCUT2D eigenvalue weighted by Crippen LogP contribution is 2.72. The summed E-state index contributed by atoms with van der Waals surface area (Å²) in [6, 6.07) is -0.906. The number of aliphatic hydroxyl groups excluding tert-OH is 3. The van der Waals surface area contributed by atoms with E-state index >= 15 is 0 Å². The van der Waals surface area contributed by atoms with Gasteiger partial charge in [0.1, 0.15) is 24.4 Å². The maximum absolute atomic E-state index is 12.0. The summed E-state index contributed by atoms with van der Waals surface area (Å²) in [5, 5.41) is 35.3. The highest BCUT2D eigenvalue weighted by atomic mass is 16.7. The molecule has 4 N–H and O–H groups in total. The molecule has 12 atom stereocenters. The van der Waals surface area contributed by atoms with Crippen LogP contribution in [0.4, 0.5) is 0 Å². The number of hydrogen-bond acceptors (Lipinski definition) is 9. The highest BCUT2D eigenvalue weighted by Gasteiger charge is 2.63. The zero-order valence-corrected chi connectivity index (χ0v) is 31.0. The third-order valence-corrected chi connectivity index (χ3v) is 14.6. The molecule has 0 aromatic rings. The number of amides is 1. The normalized spacial score (nSPS) is 42.9. The predicted octanol–water partition coefficient (Wildman–Crippen LogP) is 4.89. The second kappa shape index (κ2) is 13.9. The summed E-state index contributed by atoms with van der Waals surface area (Å²) in [6.07, 6.45) is 6.46. The van der Waals surface area contributed by atoms with Crippen LogP contribution >= 0.6 is 0 Å². The van der Waals surface area contributed by atoms with Crippen molar-refractivity contribution >= 4 is 11.9 Å². The summed E-state index contributed by atoms with van der Waals surface area (Å²) in [7, 11) is 1.54. The fourth-order valence-electron chi connectivity index (χ4n) is 11.9. The average molecular weight is 677 g/mol. The van der Waals surface area contributed by atoms with E-state index in [0.29, 0.717) is 24.3 Å². The van der Waals surface area contributed by atoms with E-state index in [2.05, 4.69) is 46.9 Å². The van der Waals surface area contributed by atoms with Crippen molar-refractivity contribution in [2.45, 2.75) is 156 Å². The van der Waals surface area contributed by atoms with Gasteiger partial charge in [-0.25, -0.2) is 0 Å². The van der Waals surface area contributed by atoms with Crippen LogP contribution in [0.3, 0.4) is 0 Å². The molecule has 10 heteroatoms. The van der Waals surface area contributed by atoms with Crippen molar-refractivity contribution in [3.8, 4) is 0 Å². The van der Waals surface area contributed by atoms with Gasteiger partial charge in [0.15, 0.2) is 6.23 Å². The van der Waals surface area contributed by atoms with Gasteiger partial charge in [-0.05, 0) is 98.2 Å². The largest absolute Gasteiger partial charge is 0.462 e. The predicted molar refractivity (Wildman–Crippen MR) is 182 cm³/mol. The molecular weight excluding hydrogens is 612 g/mol. The molecule has 5 rings (SSSR count). The molecule has 48 heavy (non-hydrogen) atoms. The molecule has 0 aromatic heterocycles. The standard InChI is InChI=1S/C38H64N2O8/c1-22(11-10-20-40(46-9)34-31(39-23(2)42)33(45)32(44)28(21-41)48-34)25-14-18-38(8)27-12-13-29-35(4,5)30(47-24(3)43)16-17-36(29,6)26(27)15-19-37(25,38)7/h22,25,28-34,41,44-45H,10-21H2,1-9H3,(H,39,42)/t22-,25-,28-,29+,30+,31-,32-,33-,34?,36-,37-,38+/m1/s1. The summed E-state index contributed by atoms with van der Waals surface area (Å²) in [5.74, 6) is 1.09. The molecule has 0 aromatic carbocycles. The summed E-state index contributed by atoms with van der Waals surface area (Å²) < 4.78 is 11.9. The van der Waals surface area contributed by atoms with E-state index in [0.717, 1.165) is 44.9 Å². The molecule has 10 nitrogen and oxygen atoms in total. The monoisotopic (exact) mass is 676 g/mol. The van der Waals surface area contributed by atoms with E-state index < -0.39 is 37.2 Å². The van der Waals surface area contributed by atoms with E-state index in [9.17, 15) is 24.9 Å². The van der Waals surface area contributed by atoms with Gasteiger partial charge in [-0.1, -0.05) is 52.7 Å². The van der Waals surface area contributed by atoms with Crippen LogP contribution in [-0.4, -0.2) is 89.2 Å². The van der Waals surface area contributed by atoms with Crippen LogP contribution in [0.25, 0.3) is 0 Å². The number of rotatable bonds is 10. The lowest BCUT2D eigenvalue weighted by molar-refractivity contribution is -0.304. The molecular formula is C38H64N2O8. The lowest BCUT2D eigenvalue weighted by Gasteiger charge is -2.62. The minimum absolute atomic E-state index is 0.0147. The molecule has 1 aliphatic heterocycles. The maximum Gasteiger partial charge on any atom is 0.302 e. The third-order valence-electron chi connectivity index (χ3n) is 14.6. The molecule has 274 valence electrons. The topological polar surface area (TPSA) is 138 Å². The Kier molecular flexibility index (Phi) is 10.9. The Hall–Kier alpha value is -1.56. The number of allylic oxidation sites excluding steroid dienone is 2. The first kappa shape index (κ1) is 37.7. The van der Waals surface area contributed by atoms with E-state index in [1.807, 2.05) is 0 Å². The van der Waals surface area contributed by atoms with Crippen molar-refractivity contribution in [1.29, 1.82) is 0 Å². The molecule has 0 spiro atoms. The van der Waals surface area contributed by atoms with Crippen LogP contribution in [0.15, 0.2) is 11.1 Å². The van der Waals surface area contributed by atoms with Gasteiger partial charge in [0.2, 0.25) is 5.91 Å². The Morgan fingerprint density at radius 1 is 1.00 bits per heavy atom. The van der Waals surface area contributed by atoms with E-state index in [1.54, 1.807) is 30.2 Å². The number of ether oxygens (including phenoxy) is 2. The van der Waals surface area contributed by atoms with Crippen molar-refractivity contribution in [1.82, 2.24) is 10.4 Å². The molecule has 1 saturated heterocycles. The number of fused-ring (bicyclic) bond motifs is 4. The Bertz CT molecular complexity index is 1240. The van der Waals surface area contributed by atoms with E-state index in [-0.39, 0.29) is 39.6 Å². The van der Waals surface area contributed by atoms with Crippen LogP contribution in [0.2, 0.25) is 0 Å². The van der Waals surface area contributed by atoms with Gasteiger partial charge in [-0.2, -0.15) is 5.06 Å². The third kappa shape index (κ3) is 6.19. The molecule has 5 aliphatic rings. The Morgan fingerprint density at radius 3 is 2.33 bits per heavy atom. The van der Waals surface area contributed by atoms with Crippen LogP contribution in [0, 0.1) is 39.4 Å². The van der Waals surface area contributed by atoms with Crippen molar-refractivity contribution in [2.24, 2.45) is 39.4 Å². The minimum Gasteiger partial charge on any atom is -0.462 e. The van der Waals surface area contributed by atoms with Gasteiger partial charge >= 0.3 is 5.97 Å². The second-order valence-electron chi connectivity index (χ2n) is 17.2. The first-order valence-electron chi connectivity index (χ1n) is 18.6. The lowest BCUT2D eigenvalue weighted by Crippen LogP contribution is -2.67. The second-order valence-corrected chi connectivity index (χ2v) is 17.2. The van der Waals surface area contributed by atoms with Crippen LogP contribution in [0.5, 0.6) is 0 Å². The number of nitrogens with zero attached hydrogens (tertiary/aromatic N) is 1. The van der Waals surface area contributed by atoms with Crippen molar-refractivity contribution in [3.05, 3.63) is 11.1 Å². The first-order valence-corrected chi connectivity index (χ1v) is 18.6. The van der Waals surface area contributed by atoms with Gasteiger partial charge in [0.05, 0.1) is 19.8 Å². The molecule has 3 fully saturated rings. The average Bonchev–Trinajstić information content (AvgIpc) is 3.30. The summed E-state index contributed by atoms with van der Waals surface area (Å²) >= 11 is 0. The Morgan fingerprint density at radius 2 is 1.71 bits per heavy atom. The number of carbonyl (C=O) groups excluding carboxylic acids is 2. The Balaban J connectivity index is 1.28. The number of hydrogen-bond donors (Lipinski definition) is 4. The van der Waals surface area contributed by atoms with Gasteiger partial charge < -0.3 is 30.1 Å². The fourth-order valence-corrected chi connectivity index (χ4v) is 11.9. The molecule has 4 aliphatic carbocycles. The highest BCUT2D eigenvalue weighted by molar-refractivity contribution is 5.73. The number of aliphatic hydroxyl groups is 3. The van der Waals surface area contributed by atoms with Crippen LogP contribution in [0.1, 0.15) is 120 Å². The SMILES string of the molecule is CON(CCC[C@@H](C)[C@H]1CC[C@@]2(C)C3=C(CC[C@]12C)[C@@]1(C)CC[C@H](OC(C)=O)C(C)(C)[C@@H]1CC3)C1O[C@H](CO)[C@@H](O)[C@H](O)[C@H]1NC(C)=O. The number of hydroxylamine groups is 2. The molecule has 2 saturated carbocycles. The van der Waals surface area contributed by atoms with Gasteiger partial charge in [0, 0.05) is 25.8 Å².